The molecule has 0 radical (unpaired) electrons. The number of anilines is 2. The highest BCUT2D eigenvalue weighted by Gasteiger charge is 2.46. The standard InChI is InChI=1S/C34H26N4/c1-34-23-11-10-18-30(34)38(29-17-9-8-16-28(29)34)27-21-19-26(20-22-27)33-36-31(24-12-4-2-5-13-24)35-32(37-33)25-14-6-3-7-15-25/h2-23,30H,1H3. The fourth-order valence-electron chi connectivity index (χ4n) is 5.62. The molecule has 0 spiro atoms. The van der Waals surface area contributed by atoms with Crippen LogP contribution in [-0.4, -0.2) is 21.0 Å². The van der Waals surface area contributed by atoms with Crippen molar-refractivity contribution in [2.75, 3.05) is 4.90 Å². The molecule has 0 bridgehead atoms. The summed E-state index contributed by atoms with van der Waals surface area (Å²) in [5, 5.41) is 0. The summed E-state index contributed by atoms with van der Waals surface area (Å²) >= 11 is 0. The zero-order chi connectivity index (χ0) is 25.5. The largest absolute Gasteiger partial charge is 0.333 e. The van der Waals surface area contributed by atoms with Crippen LogP contribution < -0.4 is 4.90 Å². The van der Waals surface area contributed by atoms with Crippen molar-refractivity contribution in [3.05, 3.63) is 139 Å². The van der Waals surface area contributed by atoms with Crippen molar-refractivity contribution in [3.63, 3.8) is 0 Å². The number of aromatic nitrogens is 3. The number of hydrogen-bond donors (Lipinski definition) is 0. The van der Waals surface area contributed by atoms with Gasteiger partial charge in [0.2, 0.25) is 0 Å². The third-order valence-corrected chi connectivity index (χ3v) is 7.59. The third-order valence-electron chi connectivity index (χ3n) is 7.59. The maximum absolute atomic E-state index is 4.88. The number of allylic oxidation sites excluding steroid dienone is 2. The van der Waals surface area contributed by atoms with Gasteiger partial charge in [-0.1, -0.05) is 103 Å². The van der Waals surface area contributed by atoms with Gasteiger partial charge in [0.1, 0.15) is 0 Å². The lowest BCUT2D eigenvalue weighted by Crippen LogP contribution is -2.39. The molecule has 0 saturated heterocycles. The molecule has 0 amide bonds. The van der Waals surface area contributed by atoms with Crippen LogP contribution in [0.3, 0.4) is 0 Å². The number of fused-ring (bicyclic) bond motifs is 3. The monoisotopic (exact) mass is 490 g/mol. The Hall–Kier alpha value is -4.83. The predicted molar refractivity (Wildman–Crippen MR) is 154 cm³/mol. The van der Waals surface area contributed by atoms with E-state index in [4.69, 9.17) is 15.0 Å². The predicted octanol–water partition coefficient (Wildman–Crippen LogP) is 7.78. The van der Waals surface area contributed by atoms with Gasteiger partial charge < -0.3 is 4.90 Å². The molecule has 1 aromatic heterocycles. The molecule has 4 aromatic carbocycles. The zero-order valence-electron chi connectivity index (χ0n) is 21.1. The summed E-state index contributed by atoms with van der Waals surface area (Å²) in [5.41, 5.74) is 6.59. The molecule has 38 heavy (non-hydrogen) atoms. The SMILES string of the molecule is CC12C=CC=CC1N(c1ccc(-c3nc(-c4ccccc4)nc(-c4ccccc4)n3)cc1)c1ccccc12. The molecule has 0 N–H and O–H groups in total. The second-order valence-corrected chi connectivity index (χ2v) is 9.94. The first-order valence-corrected chi connectivity index (χ1v) is 12.9. The topological polar surface area (TPSA) is 41.9 Å². The Balaban J connectivity index is 1.31. The van der Waals surface area contributed by atoms with Crippen molar-refractivity contribution in [2.45, 2.75) is 18.4 Å². The van der Waals surface area contributed by atoms with Crippen LogP contribution in [0.25, 0.3) is 34.2 Å². The van der Waals surface area contributed by atoms with E-state index >= 15 is 0 Å². The Morgan fingerprint density at radius 2 is 1.11 bits per heavy atom. The van der Waals surface area contributed by atoms with E-state index in [2.05, 4.69) is 84.7 Å². The summed E-state index contributed by atoms with van der Waals surface area (Å²) in [4.78, 5) is 17.0. The summed E-state index contributed by atoms with van der Waals surface area (Å²) in [6, 6.07) is 37.7. The molecule has 1 aliphatic carbocycles. The molecule has 182 valence electrons. The van der Waals surface area contributed by atoms with E-state index in [0.717, 1.165) is 22.4 Å². The molecule has 0 saturated carbocycles. The molecular weight excluding hydrogens is 464 g/mol. The molecule has 4 nitrogen and oxygen atoms in total. The molecular formula is C34H26N4. The highest BCUT2D eigenvalue weighted by atomic mass is 15.2. The summed E-state index contributed by atoms with van der Waals surface area (Å²) in [6.07, 6.45) is 8.94. The van der Waals surface area contributed by atoms with Crippen molar-refractivity contribution in [2.24, 2.45) is 0 Å². The molecule has 0 fully saturated rings. The molecule has 2 atom stereocenters. The first-order chi connectivity index (χ1) is 18.7. The van der Waals surface area contributed by atoms with Gasteiger partial charge in [-0.25, -0.2) is 15.0 Å². The maximum Gasteiger partial charge on any atom is 0.164 e. The number of benzene rings is 4. The molecule has 5 aromatic rings. The van der Waals surface area contributed by atoms with Crippen LogP contribution in [0.4, 0.5) is 11.4 Å². The van der Waals surface area contributed by atoms with Gasteiger partial charge in [-0.2, -0.15) is 0 Å². The van der Waals surface area contributed by atoms with E-state index in [1.807, 2.05) is 60.7 Å². The van der Waals surface area contributed by atoms with Crippen LogP contribution in [0, 0.1) is 0 Å². The number of para-hydroxylation sites is 1. The van der Waals surface area contributed by atoms with Crippen LogP contribution in [0.5, 0.6) is 0 Å². The van der Waals surface area contributed by atoms with Gasteiger partial charge in [-0.15, -0.1) is 0 Å². The molecule has 1 aliphatic heterocycles. The average Bonchev–Trinajstić information content (AvgIpc) is 3.26. The Kier molecular flexibility index (Phi) is 5.26. The summed E-state index contributed by atoms with van der Waals surface area (Å²) in [6.45, 7) is 2.33. The van der Waals surface area contributed by atoms with Crippen molar-refractivity contribution >= 4 is 11.4 Å². The fourth-order valence-corrected chi connectivity index (χ4v) is 5.62. The van der Waals surface area contributed by atoms with Crippen molar-refractivity contribution in [1.82, 2.24) is 15.0 Å². The van der Waals surface area contributed by atoms with Crippen molar-refractivity contribution < 1.29 is 0 Å². The minimum atomic E-state index is -0.0621. The van der Waals surface area contributed by atoms with Gasteiger partial charge in [-0.05, 0) is 42.8 Å². The van der Waals surface area contributed by atoms with E-state index in [9.17, 15) is 0 Å². The fraction of sp³-hybridized carbons (Fsp3) is 0.0882. The van der Waals surface area contributed by atoms with Crippen LogP contribution >= 0.6 is 0 Å². The number of hydrogen-bond acceptors (Lipinski definition) is 4. The van der Waals surface area contributed by atoms with E-state index in [-0.39, 0.29) is 11.5 Å². The second-order valence-electron chi connectivity index (χ2n) is 9.94. The van der Waals surface area contributed by atoms with Gasteiger partial charge in [0.25, 0.3) is 0 Å². The number of rotatable bonds is 4. The van der Waals surface area contributed by atoms with Gasteiger partial charge in [0, 0.05) is 33.5 Å². The Bertz CT molecular complexity index is 1620. The smallest absolute Gasteiger partial charge is 0.164 e. The van der Waals surface area contributed by atoms with Crippen molar-refractivity contribution in [3.8, 4) is 34.2 Å². The van der Waals surface area contributed by atoms with Crippen LogP contribution in [0.1, 0.15) is 12.5 Å². The minimum Gasteiger partial charge on any atom is -0.333 e. The van der Waals surface area contributed by atoms with Gasteiger partial charge in [0.15, 0.2) is 17.5 Å². The normalized spacial score (nSPS) is 19.3. The minimum absolute atomic E-state index is 0.0621. The van der Waals surface area contributed by atoms with Crippen LogP contribution in [0.2, 0.25) is 0 Å². The average molecular weight is 491 g/mol. The van der Waals surface area contributed by atoms with E-state index in [1.54, 1.807) is 0 Å². The lowest BCUT2D eigenvalue weighted by molar-refractivity contribution is 0.551. The van der Waals surface area contributed by atoms with Crippen LogP contribution in [0.15, 0.2) is 133 Å². The Morgan fingerprint density at radius 1 is 0.579 bits per heavy atom. The first kappa shape index (κ1) is 22.4. The van der Waals surface area contributed by atoms with Gasteiger partial charge in [0.05, 0.1) is 6.04 Å². The molecule has 7 rings (SSSR count). The number of nitrogens with zero attached hydrogens (tertiary/aromatic N) is 4. The summed E-state index contributed by atoms with van der Waals surface area (Å²) in [7, 11) is 0. The van der Waals surface area contributed by atoms with Crippen LogP contribution in [-0.2, 0) is 5.41 Å². The summed E-state index contributed by atoms with van der Waals surface area (Å²) < 4.78 is 0. The summed E-state index contributed by atoms with van der Waals surface area (Å²) in [5.74, 6) is 2.00. The Morgan fingerprint density at radius 3 is 1.71 bits per heavy atom. The maximum atomic E-state index is 4.88. The van der Waals surface area contributed by atoms with Crippen molar-refractivity contribution in [1.29, 1.82) is 0 Å². The van der Waals surface area contributed by atoms with Gasteiger partial charge >= 0.3 is 0 Å². The lowest BCUT2D eigenvalue weighted by Gasteiger charge is -2.34. The zero-order valence-corrected chi connectivity index (χ0v) is 21.1. The van der Waals surface area contributed by atoms with E-state index in [1.165, 1.54) is 11.3 Å². The van der Waals surface area contributed by atoms with E-state index in [0.29, 0.717) is 17.5 Å². The first-order valence-electron chi connectivity index (χ1n) is 12.9. The molecule has 2 aliphatic rings. The quantitative estimate of drug-likeness (QED) is 0.258. The Labute approximate surface area is 222 Å². The highest BCUT2D eigenvalue weighted by Crippen LogP contribution is 2.51. The van der Waals surface area contributed by atoms with E-state index < -0.39 is 0 Å². The third kappa shape index (κ3) is 3.65. The molecule has 4 heteroatoms. The molecule has 2 heterocycles. The lowest BCUT2D eigenvalue weighted by atomic mass is 9.76. The highest BCUT2D eigenvalue weighted by molar-refractivity contribution is 5.78. The second kappa shape index (κ2) is 8.93. The molecule has 2 unspecified atom stereocenters. The van der Waals surface area contributed by atoms with Gasteiger partial charge in [-0.3, -0.25) is 0 Å².